The third-order valence-corrected chi connectivity index (χ3v) is 4.48. The summed E-state index contributed by atoms with van der Waals surface area (Å²) in [6, 6.07) is 17.8. The summed E-state index contributed by atoms with van der Waals surface area (Å²) in [7, 11) is 1.39. The van der Waals surface area contributed by atoms with Gasteiger partial charge in [0.1, 0.15) is 0 Å². The summed E-state index contributed by atoms with van der Waals surface area (Å²) in [4.78, 5) is 26.1. The van der Waals surface area contributed by atoms with Gasteiger partial charge in [-0.1, -0.05) is 48.5 Å². The number of fused-ring (bicyclic) bond motifs is 1. The van der Waals surface area contributed by atoms with E-state index in [1.807, 2.05) is 59.5 Å². The average molecular weight is 323 g/mol. The van der Waals surface area contributed by atoms with Gasteiger partial charge in [-0.2, -0.15) is 0 Å². The Hall–Kier alpha value is -2.62. The maximum absolute atomic E-state index is 12.7. The number of methoxy groups -OCH3 is 1. The second-order valence-corrected chi connectivity index (χ2v) is 6.03. The van der Waals surface area contributed by atoms with Crippen LogP contribution in [0.2, 0.25) is 0 Å². The van der Waals surface area contributed by atoms with Crippen molar-refractivity contribution in [2.45, 2.75) is 25.2 Å². The Morgan fingerprint density at radius 3 is 2.54 bits per heavy atom. The highest BCUT2D eigenvalue weighted by atomic mass is 16.5. The molecule has 1 unspecified atom stereocenters. The van der Waals surface area contributed by atoms with Gasteiger partial charge in [-0.3, -0.25) is 9.59 Å². The number of amides is 1. The fourth-order valence-electron chi connectivity index (χ4n) is 3.22. The maximum Gasteiger partial charge on any atom is 0.306 e. The lowest BCUT2D eigenvalue weighted by atomic mass is 9.98. The van der Waals surface area contributed by atoms with Gasteiger partial charge in [0.05, 0.1) is 13.5 Å². The molecule has 24 heavy (non-hydrogen) atoms. The molecule has 4 heteroatoms. The van der Waals surface area contributed by atoms with Gasteiger partial charge in [0.15, 0.2) is 0 Å². The number of nitrogens with zero attached hydrogens (tertiary/aromatic N) is 1. The first-order chi connectivity index (χ1) is 11.7. The molecular formula is C20H21NO3. The van der Waals surface area contributed by atoms with Crippen LogP contribution in [0, 0.1) is 0 Å². The van der Waals surface area contributed by atoms with Crippen LogP contribution in [-0.2, 0) is 20.7 Å². The van der Waals surface area contributed by atoms with Crippen LogP contribution in [-0.4, -0.2) is 25.5 Å². The second kappa shape index (κ2) is 7.30. The minimum Gasteiger partial charge on any atom is -0.469 e. The highest BCUT2D eigenvalue weighted by molar-refractivity contribution is 5.96. The lowest BCUT2D eigenvalue weighted by molar-refractivity contribution is -0.141. The number of carbonyl (C=O) groups is 2. The first kappa shape index (κ1) is 16.2. The van der Waals surface area contributed by atoms with Crippen molar-refractivity contribution in [3.8, 4) is 0 Å². The number of ether oxygens (including phenoxy) is 1. The molecule has 0 bridgehead atoms. The molecule has 1 amide bonds. The van der Waals surface area contributed by atoms with Crippen molar-refractivity contribution in [3.63, 3.8) is 0 Å². The molecule has 0 spiro atoms. The molecule has 1 aliphatic rings. The standard InChI is InChI=1S/C20H21NO3/c1-24-20(23)13-16-14-21(18-10-6-5-9-17(16)18)19(22)12-11-15-7-3-2-4-8-15/h2-10,16H,11-14H2,1H3. The van der Waals surface area contributed by atoms with E-state index in [9.17, 15) is 9.59 Å². The van der Waals surface area contributed by atoms with Crippen molar-refractivity contribution in [2.24, 2.45) is 0 Å². The van der Waals surface area contributed by atoms with E-state index < -0.39 is 0 Å². The molecule has 4 nitrogen and oxygen atoms in total. The molecule has 0 saturated carbocycles. The van der Waals surface area contributed by atoms with Crippen LogP contribution in [0.15, 0.2) is 54.6 Å². The van der Waals surface area contributed by atoms with Gasteiger partial charge in [-0.15, -0.1) is 0 Å². The summed E-state index contributed by atoms with van der Waals surface area (Å²) in [6.07, 6.45) is 1.49. The van der Waals surface area contributed by atoms with E-state index in [0.717, 1.165) is 23.2 Å². The van der Waals surface area contributed by atoms with Gasteiger partial charge < -0.3 is 9.64 Å². The third-order valence-electron chi connectivity index (χ3n) is 4.48. The molecule has 0 aliphatic carbocycles. The Kier molecular flexibility index (Phi) is 4.94. The monoisotopic (exact) mass is 323 g/mol. The SMILES string of the molecule is COC(=O)CC1CN(C(=O)CCc2ccccc2)c2ccccc21. The lowest BCUT2D eigenvalue weighted by Gasteiger charge is -2.18. The van der Waals surface area contributed by atoms with Gasteiger partial charge >= 0.3 is 5.97 Å². The molecular weight excluding hydrogens is 302 g/mol. The Bertz CT molecular complexity index is 727. The van der Waals surface area contributed by atoms with Gasteiger partial charge in [-0.05, 0) is 23.6 Å². The van der Waals surface area contributed by atoms with E-state index in [-0.39, 0.29) is 17.8 Å². The highest BCUT2D eigenvalue weighted by Crippen LogP contribution is 2.38. The summed E-state index contributed by atoms with van der Waals surface area (Å²) in [5.74, 6) is -0.138. The Balaban J connectivity index is 1.71. The summed E-state index contributed by atoms with van der Waals surface area (Å²) in [6.45, 7) is 0.544. The molecule has 1 aliphatic heterocycles. The van der Waals surface area contributed by atoms with Crippen molar-refractivity contribution in [3.05, 3.63) is 65.7 Å². The maximum atomic E-state index is 12.7. The van der Waals surface area contributed by atoms with Gasteiger partial charge in [-0.25, -0.2) is 0 Å². The Labute approximate surface area is 142 Å². The fraction of sp³-hybridized carbons (Fsp3) is 0.300. The van der Waals surface area contributed by atoms with E-state index in [4.69, 9.17) is 4.74 Å². The van der Waals surface area contributed by atoms with Crippen molar-refractivity contribution < 1.29 is 14.3 Å². The molecule has 124 valence electrons. The zero-order valence-corrected chi connectivity index (χ0v) is 13.8. The van der Waals surface area contributed by atoms with Crippen molar-refractivity contribution in [2.75, 3.05) is 18.6 Å². The van der Waals surface area contributed by atoms with Crippen LogP contribution < -0.4 is 4.90 Å². The van der Waals surface area contributed by atoms with E-state index in [0.29, 0.717) is 19.4 Å². The molecule has 2 aromatic carbocycles. The molecule has 0 radical (unpaired) electrons. The number of anilines is 1. The van der Waals surface area contributed by atoms with Crippen LogP contribution in [0.4, 0.5) is 5.69 Å². The van der Waals surface area contributed by atoms with Crippen molar-refractivity contribution >= 4 is 17.6 Å². The molecule has 1 atom stereocenters. The predicted octanol–water partition coefficient (Wildman–Crippen LogP) is 3.31. The largest absolute Gasteiger partial charge is 0.469 e. The minimum absolute atomic E-state index is 0.00863. The molecule has 0 fully saturated rings. The van der Waals surface area contributed by atoms with Crippen LogP contribution in [0.1, 0.15) is 29.9 Å². The summed E-state index contributed by atoms with van der Waals surface area (Å²) in [5, 5.41) is 0. The molecule has 3 rings (SSSR count). The minimum atomic E-state index is -0.242. The van der Waals surface area contributed by atoms with Crippen molar-refractivity contribution in [1.82, 2.24) is 0 Å². The number of para-hydroxylation sites is 1. The Morgan fingerprint density at radius 2 is 1.79 bits per heavy atom. The topological polar surface area (TPSA) is 46.6 Å². The average Bonchev–Trinajstić information content (AvgIpc) is 2.99. The van der Waals surface area contributed by atoms with Crippen LogP contribution >= 0.6 is 0 Å². The number of rotatable bonds is 5. The number of aryl methyl sites for hydroxylation is 1. The van der Waals surface area contributed by atoms with Gasteiger partial charge in [0.25, 0.3) is 0 Å². The molecule has 0 aromatic heterocycles. The van der Waals surface area contributed by atoms with Crippen LogP contribution in [0.25, 0.3) is 0 Å². The van der Waals surface area contributed by atoms with Crippen LogP contribution in [0.5, 0.6) is 0 Å². The number of carbonyl (C=O) groups excluding carboxylic acids is 2. The van der Waals surface area contributed by atoms with E-state index in [2.05, 4.69) is 0 Å². The third kappa shape index (κ3) is 3.48. The highest BCUT2D eigenvalue weighted by Gasteiger charge is 2.33. The van der Waals surface area contributed by atoms with Gasteiger partial charge in [0.2, 0.25) is 5.91 Å². The first-order valence-electron chi connectivity index (χ1n) is 8.19. The van der Waals surface area contributed by atoms with Crippen molar-refractivity contribution in [1.29, 1.82) is 0 Å². The first-order valence-corrected chi connectivity index (χ1v) is 8.19. The number of hydrogen-bond donors (Lipinski definition) is 0. The normalized spacial score (nSPS) is 15.9. The van der Waals surface area contributed by atoms with E-state index >= 15 is 0 Å². The van der Waals surface area contributed by atoms with Crippen LogP contribution in [0.3, 0.4) is 0 Å². The fourth-order valence-corrected chi connectivity index (χ4v) is 3.22. The van der Waals surface area contributed by atoms with Gasteiger partial charge in [0, 0.05) is 24.6 Å². The molecule has 0 saturated heterocycles. The Morgan fingerprint density at radius 1 is 1.08 bits per heavy atom. The second-order valence-electron chi connectivity index (χ2n) is 6.03. The summed E-state index contributed by atoms with van der Waals surface area (Å²) in [5.41, 5.74) is 3.13. The zero-order valence-electron chi connectivity index (χ0n) is 13.8. The molecule has 2 aromatic rings. The predicted molar refractivity (Wildman–Crippen MR) is 92.9 cm³/mol. The number of benzene rings is 2. The van der Waals surface area contributed by atoms with E-state index in [1.165, 1.54) is 7.11 Å². The number of hydrogen-bond acceptors (Lipinski definition) is 3. The molecule has 0 N–H and O–H groups in total. The zero-order chi connectivity index (χ0) is 16.9. The summed E-state index contributed by atoms with van der Waals surface area (Å²) < 4.78 is 4.79. The smallest absolute Gasteiger partial charge is 0.306 e. The lowest BCUT2D eigenvalue weighted by Crippen LogP contribution is -2.30. The summed E-state index contributed by atoms with van der Waals surface area (Å²) >= 11 is 0. The van der Waals surface area contributed by atoms with E-state index in [1.54, 1.807) is 0 Å². The molecule has 1 heterocycles. The number of esters is 1. The quantitative estimate of drug-likeness (QED) is 0.793.